The van der Waals surface area contributed by atoms with Crippen molar-refractivity contribution >= 4 is 28.9 Å². The molecule has 0 fully saturated rings. The molecule has 0 radical (unpaired) electrons. The van der Waals surface area contributed by atoms with Gasteiger partial charge in [-0.25, -0.2) is 4.98 Å². The second kappa shape index (κ2) is 5.82. The Morgan fingerprint density at radius 1 is 1.18 bits per heavy atom. The molecule has 0 aliphatic carbocycles. The normalized spacial score (nSPS) is 10.7. The standard InChI is InChI=1S/C13H12ClN5O2S/c1-20-7-4-3-5-8(21-2)10(7)19-11(17-18-13(19)15)12-16-6-9(14)22-12/h3-6H,1-2H3,(H2,15,18). The molecule has 0 unspecified atom stereocenters. The fourth-order valence-corrected chi connectivity index (χ4v) is 2.95. The number of hydrogen-bond acceptors (Lipinski definition) is 7. The quantitative estimate of drug-likeness (QED) is 0.787. The summed E-state index contributed by atoms with van der Waals surface area (Å²) in [5, 5.41) is 8.62. The predicted molar refractivity (Wildman–Crippen MR) is 85.0 cm³/mol. The Hall–Kier alpha value is -2.32. The number of hydrogen-bond donors (Lipinski definition) is 1. The van der Waals surface area contributed by atoms with Crippen LogP contribution >= 0.6 is 22.9 Å². The molecule has 0 amide bonds. The first-order valence-corrected chi connectivity index (χ1v) is 7.39. The Morgan fingerprint density at radius 2 is 1.86 bits per heavy atom. The third-order valence-corrected chi connectivity index (χ3v) is 4.09. The highest BCUT2D eigenvalue weighted by Crippen LogP contribution is 2.37. The van der Waals surface area contributed by atoms with Crippen molar-refractivity contribution in [2.24, 2.45) is 0 Å². The van der Waals surface area contributed by atoms with E-state index in [2.05, 4.69) is 15.2 Å². The van der Waals surface area contributed by atoms with Crippen LogP contribution in [0.4, 0.5) is 5.95 Å². The van der Waals surface area contributed by atoms with Crippen LogP contribution in [-0.2, 0) is 0 Å². The molecule has 22 heavy (non-hydrogen) atoms. The maximum absolute atomic E-state index is 5.99. The van der Waals surface area contributed by atoms with Crippen molar-refractivity contribution in [2.75, 3.05) is 20.0 Å². The lowest BCUT2D eigenvalue weighted by molar-refractivity contribution is 0.391. The minimum atomic E-state index is 0.198. The molecule has 0 saturated carbocycles. The number of nitrogen functional groups attached to an aromatic ring is 1. The number of ether oxygens (including phenoxy) is 2. The summed E-state index contributed by atoms with van der Waals surface area (Å²) in [5.41, 5.74) is 6.59. The summed E-state index contributed by atoms with van der Waals surface area (Å²) < 4.78 is 13.0. The fourth-order valence-electron chi connectivity index (χ4n) is 2.07. The average Bonchev–Trinajstić information content (AvgIpc) is 3.12. The molecule has 3 rings (SSSR count). The molecule has 9 heteroatoms. The van der Waals surface area contributed by atoms with Crippen molar-refractivity contribution in [3.63, 3.8) is 0 Å². The van der Waals surface area contributed by atoms with Gasteiger partial charge in [0.05, 0.1) is 20.4 Å². The number of nitrogens with zero attached hydrogens (tertiary/aromatic N) is 4. The van der Waals surface area contributed by atoms with Crippen LogP contribution < -0.4 is 15.2 Å². The number of nitrogens with two attached hydrogens (primary N) is 1. The summed E-state index contributed by atoms with van der Waals surface area (Å²) in [6.07, 6.45) is 1.55. The van der Waals surface area contributed by atoms with Gasteiger partial charge in [0.2, 0.25) is 5.95 Å². The number of rotatable bonds is 4. The Kier molecular flexibility index (Phi) is 3.86. The second-order valence-corrected chi connectivity index (χ2v) is 5.86. The van der Waals surface area contributed by atoms with Gasteiger partial charge in [-0.2, -0.15) is 0 Å². The third-order valence-electron chi connectivity index (χ3n) is 2.98. The van der Waals surface area contributed by atoms with Crippen molar-refractivity contribution in [1.82, 2.24) is 19.7 Å². The zero-order chi connectivity index (χ0) is 15.7. The number of thiazole rings is 1. The van der Waals surface area contributed by atoms with E-state index < -0.39 is 0 Å². The van der Waals surface area contributed by atoms with Crippen LogP contribution in [-0.4, -0.2) is 34.0 Å². The van der Waals surface area contributed by atoms with E-state index in [1.54, 1.807) is 37.1 Å². The smallest absolute Gasteiger partial charge is 0.227 e. The van der Waals surface area contributed by atoms with Crippen LogP contribution in [0.1, 0.15) is 0 Å². The van der Waals surface area contributed by atoms with Gasteiger partial charge in [0, 0.05) is 0 Å². The average molecular weight is 338 g/mol. The van der Waals surface area contributed by atoms with Crippen molar-refractivity contribution in [1.29, 1.82) is 0 Å². The Balaban J connectivity index is 2.28. The summed E-state index contributed by atoms with van der Waals surface area (Å²) in [7, 11) is 3.14. The van der Waals surface area contributed by atoms with Gasteiger partial charge < -0.3 is 15.2 Å². The molecule has 7 nitrogen and oxygen atoms in total. The molecule has 3 aromatic rings. The Bertz CT molecular complexity index is 794. The van der Waals surface area contributed by atoms with E-state index in [0.29, 0.717) is 32.4 Å². The SMILES string of the molecule is COc1cccc(OC)c1-n1c(N)nnc1-c1ncc(Cl)s1. The molecule has 0 bridgehead atoms. The van der Waals surface area contributed by atoms with Crippen LogP contribution in [0.15, 0.2) is 24.4 Å². The summed E-state index contributed by atoms with van der Waals surface area (Å²) in [5.74, 6) is 1.82. The van der Waals surface area contributed by atoms with Crippen molar-refractivity contribution in [2.45, 2.75) is 0 Å². The van der Waals surface area contributed by atoms with Gasteiger partial charge in [-0.05, 0) is 12.1 Å². The topological polar surface area (TPSA) is 88.1 Å². The van der Waals surface area contributed by atoms with Gasteiger partial charge in [-0.3, -0.25) is 4.57 Å². The number of halogens is 1. The number of benzene rings is 1. The van der Waals surface area contributed by atoms with E-state index in [9.17, 15) is 0 Å². The van der Waals surface area contributed by atoms with E-state index in [1.807, 2.05) is 6.07 Å². The number of para-hydroxylation sites is 1. The highest BCUT2D eigenvalue weighted by molar-refractivity contribution is 7.18. The minimum Gasteiger partial charge on any atom is -0.494 e. The molecule has 2 aromatic heterocycles. The highest BCUT2D eigenvalue weighted by Gasteiger charge is 2.22. The van der Waals surface area contributed by atoms with Gasteiger partial charge in [-0.1, -0.05) is 29.0 Å². The maximum atomic E-state index is 5.99. The number of methoxy groups -OCH3 is 2. The van der Waals surface area contributed by atoms with Gasteiger partial charge in [0.25, 0.3) is 0 Å². The van der Waals surface area contributed by atoms with E-state index >= 15 is 0 Å². The molecule has 114 valence electrons. The van der Waals surface area contributed by atoms with Crippen LogP contribution in [0.25, 0.3) is 16.5 Å². The Labute approximate surface area is 135 Å². The van der Waals surface area contributed by atoms with Crippen molar-refractivity contribution in [3.05, 3.63) is 28.7 Å². The minimum absolute atomic E-state index is 0.198. The van der Waals surface area contributed by atoms with Crippen LogP contribution in [0.3, 0.4) is 0 Å². The van der Waals surface area contributed by atoms with E-state index in [0.717, 1.165) is 0 Å². The Morgan fingerprint density at radius 3 is 2.41 bits per heavy atom. The second-order valence-electron chi connectivity index (χ2n) is 4.20. The molecule has 0 aliphatic rings. The zero-order valence-corrected chi connectivity index (χ0v) is 13.4. The molecule has 0 aliphatic heterocycles. The first-order valence-electron chi connectivity index (χ1n) is 6.19. The highest BCUT2D eigenvalue weighted by atomic mass is 35.5. The summed E-state index contributed by atoms with van der Waals surface area (Å²) in [6, 6.07) is 5.42. The lowest BCUT2D eigenvalue weighted by Gasteiger charge is -2.15. The lowest BCUT2D eigenvalue weighted by atomic mass is 10.2. The summed E-state index contributed by atoms with van der Waals surface area (Å²) in [6.45, 7) is 0. The van der Waals surface area contributed by atoms with Crippen LogP contribution in [0, 0.1) is 0 Å². The molecular weight excluding hydrogens is 326 g/mol. The van der Waals surface area contributed by atoms with E-state index in [1.165, 1.54) is 11.3 Å². The van der Waals surface area contributed by atoms with Gasteiger partial charge in [-0.15, -0.1) is 10.2 Å². The fraction of sp³-hybridized carbons (Fsp3) is 0.154. The van der Waals surface area contributed by atoms with Crippen LogP contribution in [0.2, 0.25) is 4.34 Å². The number of aromatic nitrogens is 4. The summed E-state index contributed by atoms with van der Waals surface area (Å²) in [4.78, 5) is 4.22. The largest absolute Gasteiger partial charge is 0.494 e. The van der Waals surface area contributed by atoms with Crippen molar-refractivity contribution < 1.29 is 9.47 Å². The first-order chi connectivity index (χ1) is 10.7. The van der Waals surface area contributed by atoms with Gasteiger partial charge in [0.15, 0.2) is 10.8 Å². The summed E-state index contributed by atoms with van der Waals surface area (Å²) >= 11 is 7.23. The monoisotopic (exact) mass is 337 g/mol. The molecule has 1 aromatic carbocycles. The zero-order valence-electron chi connectivity index (χ0n) is 11.8. The van der Waals surface area contributed by atoms with Gasteiger partial charge >= 0.3 is 0 Å². The molecule has 0 saturated heterocycles. The maximum Gasteiger partial charge on any atom is 0.227 e. The third kappa shape index (κ3) is 2.36. The van der Waals surface area contributed by atoms with E-state index in [4.69, 9.17) is 26.8 Å². The van der Waals surface area contributed by atoms with Gasteiger partial charge in [0.1, 0.15) is 21.5 Å². The van der Waals surface area contributed by atoms with Crippen LogP contribution in [0.5, 0.6) is 11.5 Å². The molecular formula is C13H12ClN5O2S. The van der Waals surface area contributed by atoms with E-state index in [-0.39, 0.29) is 5.95 Å². The van der Waals surface area contributed by atoms with Crippen molar-refractivity contribution in [3.8, 4) is 28.0 Å². The number of anilines is 1. The predicted octanol–water partition coefficient (Wildman–Crippen LogP) is 2.64. The molecule has 2 heterocycles. The molecule has 0 spiro atoms. The molecule has 2 N–H and O–H groups in total. The molecule has 0 atom stereocenters. The lowest BCUT2D eigenvalue weighted by Crippen LogP contribution is -2.06. The first kappa shape index (κ1) is 14.6.